The molecule has 2 aliphatic heterocycles. The van der Waals surface area contributed by atoms with Crippen LogP contribution in [0.2, 0.25) is 0 Å². The predicted octanol–water partition coefficient (Wildman–Crippen LogP) is 1.30. The van der Waals surface area contributed by atoms with Crippen LogP contribution in [0.4, 0.5) is 0 Å². The van der Waals surface area contributed by atoms with Crippen LogP contribution < -0.4 is 5.32 Å². The number of nitrogens with one attached hydrogen (secondary N) is 1. The second-order valence-electron chi connectivity index (χ2n) is 5.27. The molecule has 0 amide bonds. The summed E-state index contributed by atoms with van der Waals surface area (Å²) in [4.78, 5) is 2.42. The second kappa shape index (κ2) is 5.64. The van der Waals surface area contributed by atoms with Crippen molar-refractivity contribution >= 4 is 5.71 Å². The molecule has 2 fully saturated rings. The Kier molecular flexibility index (Phi) is 4.18. The second-order valence-corrected chi connectivity index (χ2v) is 5.27. The van der Waals surface area contributed by atoms with E-state index in [9.17, 15) is 0 Å². The van der Waals surface area contributed by atoms with Crippen LogP contribution >= 0.6 is 0 Å². The number of oxime groups is 1. The van der Waals surface area contributed by atoms with E-state index in [1.165, 1.54) is 32.4 Å². The smallest absolute Gasteiger partial charge is 0.0598 e. The van der Waals surface area contributed by atoms with Crippen LogP contribution in [0.15, 0.2) is 5.16 Å². The minimum atomic E-state index is 0.533. The van der Waals surface area contributed by atoms with Crippen LogP contribution in [0.5, 0.6) is 0 Å². The molecule has 0 aliphatic carbocycles. The van der Waals surface area contributed by atoms with Crippen molar-refractivity contribution in [3.63, 3.8) is 0 Å². The number of piperidine rings is 1. The van der Waals surface area contributed by atoms with Gasteiger partial charge in [-0.15, -0.1) is 0 Å². The summed E-state index contributed by atoms with van der Waals surface area (Å²) >= 11 is 0. The molecule has 2 heterocycles. The van der Waals surface area contributed by atoms with Crippen LogP contribution in [-0.4, -0.2) is 48.5 Å². The zero-order chi connectivity index (χ0) is 11.4. The summed E-state index contributed by atoms with van der Waals surface area (Å²) in [5.41, 5.74) is 0.965. The third-order valence-electron chi connectivity index (χ3n) is 3.88. The first-order valence-corrected chi connectivity index (χ1v) is 6.39. The van der Waals surface area contributed by atoms with Crippen molar-refractivity contribution in [1.29, 1.82) is 0 Å². The highest BCUT2D eigenvalue weighted by atomic mass is 16.4. The van der Waals surface area contributed by atoms with Gasteiger partial charge in [-0.05, 0) is 38.8 Å². The summed E-state index contributed by atoms with van der Waals surface area (Å²) in [6.45, 7) is 3.48. The van der Waals surface area contributed by atoms with Gasteiger partial charge in [0.1, 0.15) is 0 Å². The van der Waals surface area contributed by atoms with E-state index >= 15 is 0 Å². The Hall–Kier alpha value is -0.610. The SMILES string of the molecule is CN1CCC(CC[C@H]2CC(=NO)CCN2)C1. The molecule has 2 N–H and O–H groups in total. The summed E-state index contributed by atoms with van der Waals surface area (Å²) < 4.78 is 0. The zero-order valence-electron chi connectivity index (χ0n) is 10.2. The molecule has 0 aromatic carbocycles. The normalized spacial score (nSPS) is 34.7. The Labute approximate surface area is 97.7 Å². The van der Waals surface area contributed by atoms with Gasteiger partial charge in [0.2, 0.25) is 0 Å². The molecule has 0 saturated carbocycles. The molecule has 2 saturated heterocycles. The van der Waals surface area contributed by atoms with Crippen molar-refractivity contribution in [2.24, 2.45) is 11.1 Å². The van der Waals surface area contributed by atoms with E-state index < -0.39 is 0 Å². The van der Waals surface area contributed by atoms with Gasteiger partial charge in [0.05, 0.1) is 5.71 Å². The number of hydrogen-bond acceptors (Lipinski definition) is 4. The minimum absolute atomic E-state index is 0.533. The zero-order valence-corrected chi connectivity index (χ0v) is 10.2. The van der Waals surface area contributed by atoms with Gasteiger partial charge in [0.15, 0.2) is 0 Å². The van der Waals surface area contributed by atoms with Crippen LogP contribution in [-0.2, 0) is 0 Å². The quantitative estimate of drug-likeness (QED) is 0.562. The average Bonchev–Trinajstić information content (AvgIpc) is 2.73. The molecule has 2 rings (SSSR count). The van der Waals surface area contributed by atoms with Gasteiger partial charge < -0.3 is 15.4 Å². The first-order chi connectivity index (χ1) is 7.78. The van der Waals surface area contributed by atoms with Gasteiger partial charge in [-0.2, -0.15) is 0 Å². The van der Waals surface area contributed by atoms with E-state index in [1.807, 2.05) is 0 Å². The van der Waals surface area contributed by atoms with Gasteiger partial charge in [-0.25, -0.2) is 0 Å². The first-order valence-electron chi connectivity index (χ1n) is 6.39. The topological polar surface area (TPSA) is 47.9 Å². The molecular weight excluding hydrogens is 202 g/mol. The molecule has 4 nitrogen and oxygen atoms in total. The van der Waals surface area contributed by atoms with E-state index in [2.05, 4.69) is 22.4 Å². The van der Waals surface area contributed by atoms with Crippen molar-refractivity contribution in [1.82, 2.24) is 10.2 Å². The number of nitrogens with zero attached hydrogens (tertiary/aromatic N) is 2. The van der Waals surface area contributed by atoms with Crippen molar-refractivity contribution in [2.45, 2.75) is 38.1 Å². The predicted molar refractivity (Wildman–Crippen MR) is 65.1 cm³/mol. The van der Waals surface area contributed by atoms with Gasteiger partial charge in [-0.3, -0.25) is 0 Å². The Morgan fingerprint density at radius 1 is 1.50 bits per heavy atom. The monoisotopic (exact) mass is 225 g/mol. The van der Waals surface area contributed by atoms with Crippen molar-refractivity contribution in [3.8, 4) is 0 Å². The Morgan fingerprint density at radius 3 is 3.06 bits per heavy atom. The molecule has 0 spiro atoms. The van der Waals surface area contributed by atoms with Crippen LogP contribution in [0.1, 0.15) is 32.1 Å². The van der Waals surface area contributed by atoms with Gasteiger partial charge in [0.25, 0.3) is 0 Å². The van der Waals surface area contributed by atoms with Gasteiger partial charge >= 0.3 is 0 Å². The molecule has 92 valence electrons. The average molecular weight is 225 g/mol. The fourth-order valence-electron chi connectivity index (χ4n) is 2.87. The van der Waals surface area contributed by atoms with E-state index in [0.717, 1.165) is 31.0 Å². The number of likely N-dealkylation sites (tertiary alicyclic amines) is 1. The summed E-state index contributed by atoms with van der Waals surface area (Å²) in [7, 11) is 2.20. The van der Waals surface area contributed by atoms with Crippen molar-refractivity contribution < 1.29 is 5.21 Å². The maximum absolute atomic E-state index is 8.78. The minimum Gasteiger partial charge on any atom is -0.411 e. The summed E-state index contributed by atoms with van der Waals surface area (Å²) in [5, 5.41) is 15.6. The van der Waals surface area contributed by atoms with E-state index in [-0.39, 0.29) is 0 Å². The first kappa shape index (κ1) is 11.9. The number of hydrogen-bond donors (Lipinski definition) is 2. The highest BCUT2D eigenvalue weighted by Crippen LogP contribution is 2.22. The third kappa shape index (κ3) is 3.19. The van der Waals surface area contributed by atoms with E-state index in [1.54, 1.807) is 0 Å². The van der Waals surface area contributed by atoms with Crippen LogP contribution in [0.3, 0.4) is 0 Å². The Balaban J connectivity index is 1.69. The molecule has 4 heteroatoms. The summed E-state index contributed by atoms with van der Waals surface area (Å²) in [6, 6.07) is 0.533. The Morgan fingerprint density at radius 2 is 2.38 bits per heavy atom. The lowest BCUT2D eigenvalue weighted by Gasteiger charge is -2.25. The van der Waals surface area contributed by atoms with Gasteiger partial charge in [-0.1, -0.05) is 5.16 Å². The maximum Gasteiger partial charge on any atom is 0.0598 e. The van der Waals surface area contributed by atoms with Crippen molar-refractivity contribution in [2.75, 3.05) is 26.7 Å². The lowest BCUT2D eigenvalue weighted by molar-refractivity contribution is 0.309. The molecule has 0 radical (unpaired) electrons. The fraction of sp³-hybridized carbons (Fsp3) is 0.917. The van der Waals surface area contributed by atoms with E-state index in [0.29, 0.717) is 6.04 Å². The van der Waals surface area contributed by atoms with Crippen molar-refractivity contribution in [3.05, 3.63) is 0 Å². The highest BCUT2D eigenvalue weighted by molar-refractivity contribution is 5.85. The lowest BCUT2D eigenvalue weighted by Crippen LogP contribution is -2.38. The molecule has 0 bridgehead atoms. The molecule has 2 aliphatic rings. The standard InChI is InChI=1S/C12H23N3O/c1-15-7-5-10(9-15)2-3-11-8-12(14-16)4-6-13-11/h10-11,13,16H,2-9H2,1H3/t10?,11-/m0/s1. The molecule has 1 unspecified atom stereocenters. The highest BCUT2D eigenvalue weighted by Gasteiger charge is 2.22. The van der Waals surface area contributed by atoms with Crippen LogP contribution in [0, 0.1) is 5.92 Å². The fourth-order valence-corrected chi connectivity index (χ4v) is 2.87. The van der Waals surface area contributed by atoms with Crippen LogP contribution in [0.25, 0.3) is 0 Å². The molecule has 0 aromatic rings. The lowest BCUT2D eigenvalue weighted by atomic mass is 9.94. The van der Waals surface area contributed by atoms with Gasteiger partial charge in [0, 0.05) is 32.0 Å². The maximum atomic E-state index is 8.78. The third-order valence-corrected chi connectivity index (χ3v) is 3.88. The molecule has 2 atom stereocenters. The number of rotatable bonds is 3. The molecular formula is C12H23N3O. The molecule has 16 heavy (non-hydrogen) atoms. The largest absolute Gasteiger partial charge is 0.411 e. The summed E-state index contributed by atoms with van der Waals surface area (Å²) in [5.74, 6) is 0.878. The summed E-state index contributed by atoms with van der Waals surface area (Å²) in [6.07, 6.45) is 5.71. The Bertz CT molecular complexity index is 255. The van der Waals surface area contributed by atoms with E-state index in [4.69, 9.17) is 5.21 Å². The molecule has 0 aromatic heterocycles.